The van der Waals surface area contributed by atoms with Gasteiger partial charge in [-0.15, -0.1) is 0 Å². The summed E-state index contributed by atoms with van der Waals surface area (Å²) in [7, 11) is 0. The fourth-order valence-corrected chi connectivity index (χ4v) is 11.9. The van der Waals surface area contributed by atoms with Gasteiger partial charge in [-0.25, -0.2) is 19.9 Å². The lowest BCUT2D eigenvalue weighted by Gasteiger charge is -2.13. The van der Waals surface area contributed by atoms with Crippen LogP contribution in [-0.4, -0.2) is 39.0 Å². The van der Waals surface area contributed by atoms with Crippen molar-refractivity contribution in [2.24, 2.45) is 0 Å². The molecule has 0 N–H and O–H groups in total. The number of hydrogen-bond donors (Lipinski definition) is 0. The predicted octanol–water partition coefficient (Wildman–Crippen LogP) is 18.2. The highest BCUT2D eigenvalue weighted by Gasteiger charge is 2.19. The molecule has 0 fully saturated rings. The van der Waals surface area contributed by atoms with Gasteiger partial charge in [0, 0.05) is 89.5 Å². The number of nitrogens with zero attached hydrogens (tertiary/aromatic N) is 8. The molecule has 0 saturated carbocycles. The van der Waals surface area contributed by atoms with Gasteiger partial charge >= 0.3 is 0 Å². The van der Waals surface area contributed by atoms with Crippen LogP contribution in [0, 0.1) is 0 Å². The number of benzene rings is 10. The molecule has 0 saturated heterocycles. The van der Waals surface area contributed by atoms with Crippen LogP contribution in [0.3, 0.4) is 0 Å². The summed E-state index contributed by atoms with van der Waals surface area (Å²) in [4.78, 5) is 30.7. The van der Waals surface area contributed by atoms with E-state index in [-0.39, 0.29) is 0 Å². The van der Waals surface area contributed by atoms with Crippen molar-refractivity contribution in [3.8, 4) is 90.3 Å². The SMILES string of the molecule is c1cnc2c(-c3cc(-c4ccc(-c5ccc(-c6cc(-c7cccc8cccnc78)nc(-c7ccc(-n8c9ccccc9c9ccccc98)cc7)n6)cc5)cc4)nc(-c4ccc(-n5c6ccccc6c6ccccc65)cc4)n3)cccc2c1. The molecule has 16 aromatic rings. The van der Waals surface area contributed by atoms with E-state index < -0.39 is 0 Å². The smallest absolute Gasteiger partial charge is 0.160 e. The first-order valence-corrected chi connectivity index (χ1v) is 27.5. The first-order valence-electron chi connectivity index (χ1n) is 27.5. The fourth-order valence-electron chi connectivity index (χ4n) is 11.9. The van der Waals surface area contributed by atoms with Gasteiger partial charge in [-0.1, -0.05) is 170 Å². The monoisotopic (exact) mass is 1050 g/mol. The third-order valence-corrected chi connectivity index (χ3v) is 15.9. The molecule has 0 aliphatic carbocycles. The third-order valence-electron chi connectivity index (χ3n) is 15.9. The molecule has 82 heavy (non-hydrogen) atoms. The summed E-state index contributed by atoms with van der Waals surface area (Å²) in [5.41, 5.74) is 19.7. The van der Waals surface area contributed by atoms with Gasteiger partial charge in [-0.05, 0) is 108 Å². The molecule has 0 amide bonds. The molecular formula is C74H46N8. The van der Waals surface area contributed by atoms with E-state index in [1.807, 2.05) is 24.5 Å². The lowest BCUT2D eigenvalue weighted by atomic mass is 9.99. The van der Waals surface area contributed by atoms with E-state index in [0.717, 1.165) is 100 Å². The molecule has 10 aromatic carbocycles. The van der Waals surface area contributed by atoms with Gasteiger partial charge in [0.1, 0.15) is 0 Å². The molecule has 0 unspecified atom stereocenters. The molecule has 16 rings (SSSR count). The number of rotatable bonds is 9. The Morgan fingerprint density at radius 1 is 0.244 bits per heavy atom. The molecule has 0 radical (unpaired) electrons. The Hall–Kier alpha value is -11.2. The Kier molecular flexibility index (Phi) is 11.0. The summed E-state index contributed by atoms with van der Waals surface area (Å²) in [5.74, 6) is 1.27. The quantitative estimate of drug-likeness (QED) is 0.143. The second-order valence-corrected chi connectivity index (χ2v) is 20.7. The van der Waals surface area contributed by atoms with Crippen molar-refractivity contribution in [2.75, 3.05) is 0 Å². The molecule has 0 bridgehead atoms. The maximum atomic E-state index is 5.28. The van der Waals surface area contributed by atoms with Gasteiger partial charge < -0.3 is 9.13 Å². The minimum atomic E-state index is 0.637. The largest absolute Gasteiger partial charge is 0.309 e. The first kappa shape index (κ1) is 46.8. The van der Waals surface area contributed by atoms with Crippen LogP contribution < -0.4 is 0 Å². The van der Waals surface area contributed by atoms with Crippen LogP contribution >= 0.6 is 0 Å². The van der Waals surface area contributed by atoms with Crippen LogP contribution in [0.5, 0.6) is 0 Å². The number of aromatic nitrogens is 8. The van der Waals surface area contributed by atoms with Gasteiger partial charge in [-0.2, -0.15) is 0 Å². The Labute approximate surface area is 471 Å². The van der Waals surface area contributed by atoms with Crippen molar-refractivity contribution >= 4 is 65.4 Å². The number of pyridine rings is 2. The Balaban J connectivity index is 0.742. The molecule has 8 nitrogen and oxygen atoms in total. The van der Waals surface area contributed by atoms with Gasteiger partial charge in [0.25, 0.3) is 0 Å². The van der Waals surface area contributed by atoms with E-state index in [1.165, 1.54) is 43.6 Å². The number of fused-ring (bicyclic) bond motifs is 8. The average Bonchev–Trinajstić information content (AvgIpc) is 4.31. The summed E-state index contributed by atoms with van der Waals surface area (Å²) in [6.07, 6.45) is 3.68. The van der Waals surface area contributed by atoms with Gasteiger partial charge in [0.2, 0.25) is 0 Å². The first-order chi connectivity index (χ1) is 40.6. The Morgan fingerprint density at radius 2 is 0.561 bits per heavy atom. The molecule has 6 heterocycles. The molecular weight excluding hydrogens is 1000 g/mol. The summed E-state index contributed by atoms with van der Waals surface area (Å²) in [6.45, 7) is 0. The van der Waals surface area contributed by atoms with Crippen molar-refractivity contribution in [2.45, 2.75) is 0 Å². The lowest BCUT2D eigenvalue weighted by Crippen LogP contribution is -1.98. The van der Waals surface area contributed by atoms with E-state index in [9.17, 15) is 0 Å². The summed E-state index contributed by atoms with van der Waals surface area (Å²) < 4.78 is 4.66. The molecule has 0 atom stereocenters. The average molecular weight is 1050 g/mol. The Bertz CT molecular complexity index is 4700. The minimum absolute atomic E-state index is 0.637. The summed E-state index contributed by atoms with van der Waals surface area (Å²) >= 11 is 0. The van der Waals surface area contributed by atoms with E-state index in [0.29, 0.717) is 11.6 Å². The molecule has 382 valence electrons. The van der Waals surface area contributed by atoms with Crippen molar-refractivity contribution in [1.82, 2.24) is 39.0 Å². The molecule has 0 aliphatic rings. The van der Waals surface area contributed by atoms with E-state index in [4.69, 9.17) is 29.9 Å². The van der Waals surface area contributed by atoms with E-state index in [2.05, 4.69) is 264 Å². The number of hydrogen-bond acceptors (Lipinski definition) is 6. The topological polar surface area (TPSA) is 87.2 Å². The van der Waals surface area contributed by atoms with E-state index >= 15 is 0 Å². The van der Waals surface area contributed by atoms with Crippen molar-refractivity contribution in [3.63, 3.8) is 0 Å². The highest BCUT2D eigenvalue weighted by atomic mass is 15.0. The van der Waals surface area contributed by atoms with Crippen molar-refractivity contribution < 1.29 is 0 Å². The number of para-hydroxylation sites is 6. The highest BCUT2D eigenvalue weighted by Crippen LogP contribution is 2.38. The molecule has 0 spiro atoms. The third kappa shape index (κ3) is 8.00. The maximum Gasteiger partial charge on any atom is 0.160 e. The lowest BCUT2D eigenvalue weighted by molar-refractivity contribution is 1.16. The zero-order valence-electron chi connectivity index (χ0n) is 44.1. The minimum Gasteiger partial charge on any atom is -0.309 e. The van der Waals surface area contributed by atoms with Crippen LogP contribution in [0.25, 0.3) is 156 Å². The van der Waals surface area contributed by atoms with Crippen LogP contribution in [0.15, 0.2) is 279 Å². The van der Waals surface area contributed by atoms with Crippen LogP contribution in [0.2, 0.25) is 0 Å². The zero-order chi connectivity index (χ0) is 54.1. The predicted molar refractivity (Wildman–Crippen MR) is 335 cm³/mol. The zero-order valence-corrected chi connectivity index (χ0v) is 44.1. The molecule has 0 aliphatic heterocycles. The van der Waals surface area contributed by atoms with Gasteiger partial charge in [0.05, 0.1) is 55.9 Å². The van der Waals surface area contributed by atoms with Crippen LogP contribution in [0.1, 0.15) is 0 Å². The van der Waals surface area contributed by atoms with Crippen LogP contribution in [0.4, 0.5) is 0 Å². The summed E-state index contributed by atoms with van der Waals surface area (Å²) in [6, 6.07) is 93.6. The standard InChI is InChI=1S/C74H46N8/c1-5-23-67-57(17-1)58-18-2-6-24-68(58)81(67)55-39-35-53(36-40-55)73-77-63(45-65(79-73)61-21-9-13-51-15-11-43-75-71(51)61)49-31-27-47(28-32-49)48-29-33-50(34-30-48)64-46-66(62-22-10-14-52-16-12-44-76-72(52)62)80-74(78-64)54-37-41-56(42-38-54)82-69-25-7-3-19-59(69)60-20-4-8-26-70(60)82/h1-46H. The van der Waals surface area contributed by atoms with Crippen molar-refractivity contribution in [3.05, 3.63) is 279 Å². The van der Waals surface area contributed by atoms with Crippen LogP contribution in [-0.2, 0) is 0 Å². The fraction of sp³-hybridized carbons (Fsp3) is 0. The highest BCUT2D eigenvalue weighted by molar-refractivity contribution is 6.10. The van der Waals surface area contributed by atoms with E-state index in [1.54, 1.807) is 0 Å². The second kappa shape index (κ2) is 19.3. The van der Waals surface area contributed by atoms with Crippen molar-refractivity contribution in [1.29, 1.82) is 0 Å². The second-order valence-electron chi connectivity index (χ2n) is 20.7. The van der Waals surface area contributed by atoms with Gasteiger partial charge in [-0.3, -0.25) is 9.97 Å². The van der Waals surface area contributed by atoms with Gasteiger partial charge in [0.15, 0.2) is 11.6 Å². The Morgan fingerprint density at radius 3 is 0.939 bits per heavy atom. The molecule has 6 aromatic heterocycles. The molecule has 8 heteroatoms. The summed E-state index contributed by atoms with van der Waals surface area (Å²) in [5, 5.41) is 7.02. The normalized spacial score (nSPS) is 11.7. The maximum absolute atomic E-state index is 5.28.